The van der Waals surface area contributed by atoms with Crippen LogP contribution in [0, 0.1) is 0 Å². The van der Waals surface area contributed by atoms with Gasteiger partial charge in [0.25, 0.3) is 0 Å². The highest BCUT2D eigenvalue weighted by atomic mass is 16.2. The van der Waals surface area contributed by atoms with E-state index in [9.17, 15) is 9.59 Å². The zero-order valence-corrected chi connectivity index (χ0v) is 9.34. The molecule has 1 fully saturated rings. The van der Waals surface area contributed by atoms with E-state index in [1.54, 1.807) is 0 Å². The van der Waals surface area contributed by atoms with Crippen LogP contribution in [0.15, 0.2) is 0 Å². The quantitative estimate of drug-likeness (QED) is 0.732. The van der Waals surface area contributed by atoms with Crippen molar-refractivity contribution in [3.05, 3.63) is 0 Å². The Morgan fingerprint density at radius 2 is 1.87 bits per heavy atom. The molecule has 0 saturated heterocycles. The first-order chi connectivity index (χ1) is 7.10. The summed E-state index contributed by atoms with van der Waals surface area (Å²) < 4.78 is 0. The van der Waals surface area contributed by atoms with E-state index in [1.165, 1.54) is 0 Å². The molecule has 15 heavy (non-hydrogen) atoms. The Morgan fingerprint density at radius 3 is 2.33 bits per heavy atom. The lowest BCUT2D eigenvalue weighted by Crippen LogP contribution is -2.58. The lowest BCUT2D eigenvalue weighted by molar-refractivity contribution is -0.133. The first-order valence-corrected chi connectivity index (χ1v) is 5.71. The first kappa shape index (κ1) is 12.0. The number of nitrogens with two attached hydrogens (primary N) is 1. The predicted octanol–water partition coefficient (Wildman–Crippen LogP) is 1.09. The highest BCUT2D eigenvalue weighted by Gasteiger charge is 2.38. The maximum absolute atomic E-state index is 11.5. The average Bonchev–Trinajstić information content (AvgIpc) is 2.19. The second kappa shape index (κ2) is 5.14. The molecule has 0 bridgehead atoms. The molecular formula is C11H20N2O2. The SMILES string of the molecule is CCCC(=O)NC1(C(N)=O)CCCCC1. The number of nitrogens with one attached hydrogen (secondary N) is 1. The van der Waals surface area contributed by atoms with Gasteiger partial charge in [-0.25, -0.2) is 0 Å². The summed E-state index contributed by atoms with van der Waals surface area (Å²) in [5.41, 5.74) is 4.63. The fraction of sp³-hybridized carbons (Fsp3) is 0.818. The summed E-state index contributed by atoms with van der Waals surface area (Å²) in [6, 6.07) is 0. The molecule has 4 heteroatoms. The summed E-state index contributed by atoms with van der Waals surface area (Å²) in [4.78, 5) is 22.9. The second-order valence-corrected chi connectivity index (χ2v) is 4.31. The van der Waals surface area contributed by atoms with Gasteiger partial charge in [-0.3, -0.25) is 9.59 Å². The van der Waals surface area contributed by atoms with Crippen LogP contribution in [0.1, 0.15) is 51.9 Å². The molecule has 0 radical (unpaired) electrons. The van der Waals surface area contributed by atoms with Crippen molar-refractivity contribution in [3.8, 4) is 0 Å². The number of hydrogen-bond acceptors (Lipinski definition) is 2. The van der Waals surface area contributed by atoms with Crippen LogP contribution in [0.4, 0.5) is 0 Å². The molecular weight excluding hydrogens is 192 g/mol. The molecule has 3 N–H and O–H groups in total. The Balaban J connectivity index is 2.64. The van der Waals surface area contributed by atoms with Gasteiger partial charge in [-0.15, -0.1) is 0 Å². The van der Waals surface area contributed by atoms with Gasteiger partial charge in [0.15, 0.2) is 0 Å². The molecule has 0 unspecified atom stereocenters. The molecule has 0 aromatic carbocycles. The largest absolute Gasteiger partial charge is 0.368 e. The van der Waals surface area contributed by atoms with Crippen LogP contribution in [-0.2, 0) is 9.59 Å². The van der Waals surface area contributed by atoms with Gasteiger partial charge in [-0.1, -0.05) is 26.2 Å². The van der Waals surface area contributed by atoms with E-state index in [2.05, 4.69) is 5.32 Å². The topological polar surface area (TPSA) is 72.2 Å². The lowest BCUT2D eigenvalue weighted by Gasteiger charge is -2.35. The molecule has 86 valence electrons. The number of hydrogen-bond donors (Lipinski definition) is 2. The summed E-state index contributed by atoms with van der Waals surface area (Å²) in [6.45, 7) is 1.94. The minimum absolute atomic E-state index is 0.0572. The summed E-state index contributed by atoms with van der Waals surface area (Å²) in [6.07, 6.45) is 5.70. The van der Waals surface area contributed by atoms with Crippen molar-refractivity contribution in [1.82, 2.24) is 5.32 Å². The van der Waals surface area contributed by atoms with E-state index in [0.717, 1.165) is 25.7 Å². The van der Waals surface area contributed by atoms with Gasteiger partial charge in [0.05, 0.1) is 0 Å². The zero-order valence-electron chi connectivity index (χ0n) is 9.34. The van der Waals surface area contributed by atoms with Crippen LogP contribution in [-0.4, -0.2) is 17.4 Å². The van der Waals surface area contributed by atoms with Gasteiger partial charge in [-0.05, 0) is 19.3 Å². The fourth-order valence-corrected chi connectivity index (χ4v) is 2.14. The first-order valence-electron chi connectivity index (χ1n) is 5.71. The second-order valence-electron chi connectivity index (χ2n) is 4.31. The van der Waals surface area contributed by atoms with E-state index in [1.807, 2.05) is 6.92 Å². The van der Waals surface area contributed by atoms with Gasteiger partial charge in [0.2, 0.25) is 11.8 Å². The van der Waals surface area contributed by atoms with Crippen molar-refractivity contribution in [2.75, 3.05) is 0 Å². The minimum atomic E-state index is -0.759. The molecule has 2 amide bonds. The third-order valence-corrected chi connectivity index (χ3v) is 3.03. The molecule has 0 aromatic rings. The minimum Gasteiger partial charge on any atom is -0.368 e. The lowest BCUT2D eigenvalue weighted by atomic mass is 9.81. The number of rotatable bonds is 4. The normalized spacial score (nSPS) is 19.5. The van der Waals surface area contributed by atoms with Crippen LogP contribution >= 0.6 is 0 Å². The molecule has 0 atom stereocenters. The van der Waals surface area contributed by atoms with Gasteiger partial charge in [0, 0.05) is 6.42 Å². The smallest absolute Gasteiger partial charge is 0.243 e. The van der Waals surface area contributed by atoms with Crippen molar-refractivity contribution in [1.29, 1.82) is 0 Å². The molecule has 0 spiro atoms. The van der Waals surface area contributed by atoms with Crippen molar-refractivity contribution in [3.63, 3.8) is 0 Å². The van der Waals surface area contributed by atoms with E-state index in [0.29, 0.717) is 19.3 Å². The maximum Gasteiger partial charge on any atom is 0.243 e. The number of primary amides is 1. The molecule has 0 aliphatic heterocycles. The van der Waals surface area contributed by atoms with Crippen molar-refractivity contribution >= 4 is 11.8 Å². The Bertz CT molecular complexity index is 245. The van der Waals surface area contributed by atoms with Gasteiger partial charge < -0.3 is 11.1 Å². The third kappa shape index (κ3) is 2.94. The van der Waals surface area contributed by atoms with Crippen molar-refractivity contribution < 1.29 is 9.59 Å². The summed E-state index contributed by atoms with van der Waals surface area (Å²) in [5, 5.41) is 2.82. The van der Waals surface area contributed by atoms with Gasteiger partial charge in [-0.2, -0.15) is 0 Å². The molecule has 0 aromatic heterocycles. The highest BCUT2D eigenvalue weighted by Crippen LogP contribution is 2.28. The fourth-order valence-electron chi connectivity index (χ4n) is 2.14. The Morgan fingerprint density at radius 1 is 1.27 bits per heavy atom. The van der Waals surface area contributed by atoms with Crippen LogP contribution in [0.5, 0.6) is 0 Å². The maximum atomic E-state index is 11.5. The monoisotopic (exact) mass is 212 g/mol. The Hall–Kier alpha value is -1.06. The zero-order chi connectivity index (χ0) is 11.3. The van der Waals surface area contributed by atoms with E-state index < -0.39 is 5.54 Å². The number of amides is 2. The Kier molecular flexibility index (Phi) is 4.12. The molecule has 1 saturated carbocycles. The van der Waals surface area contributed by atoms with Crippen LogP contribution in [0.3, 0.4) is 0 Å². The highest BCUT2D eigenvalue weighted by molar-refractivity contribution is 5.90. The summed E-state index contributed by atoms with van der Waals surface area (Å²) in [5.74, 6) is -0.440. The molecule has 0 heterocycles. The predicted molar refractivity (Wildman–Crippen MR) is 58.1 cm³/mol. The molecule has 1 rings (SSSR count). The Labute approximate surface area is 90.6 Å². The summed E-state index contributed by atoms with van der Waals surface area (Å²) in [7, 11) is 0. The van der Waals surface area contributed by atoms with E-state index in [-0.39, 0.29) is 11.8 Å². The molecule has 1 aliphatic carbocycles. The average molecular weight is 212 g/mol. The molecule has 1 aliphatic rings. The van der Waals surface area contributed by atoms with Crippen LogP contribution < -0.4 is 11.1 Å². The number of carbonyl (C=O) groups is 2. The molecule has 4 nitrogen and oxygen atoms in total. The standard InChI is InChI=1S/C11H20N2O2/c1-2-6-9(14)13-11(10(12)15)7-4-3-5-8-11/h2-8H2,1H3,(H2,12,15)(H,13,14). The summed E-state index contributed by atoms with van der Waals surface area (Å²) >= 11 is 0. The van der Waals surface area contributed by atoms with Crippen LogP contribution in [0.25, 0.3) is 0 Å². The third-order valence-electron chi connectivity index (χ3n) is 3.03. The van der Waals surface area contributed by atoms with Crippen LogP contribution in [0.2, 0.25) is 0 Å². The van der Waals surface area contributed by atoms with E-state index >= 15 is 0 Å². The van der Waals surface area contributed by atoms with Gasteiger partial charge in [0.1, 0.15) is 5.54 Å². The number of carbonyl (C=O) groups excluding carboxylic acids is 2. The van der Waals surface area contributed by atoms with Gasteiger partial charge >= 0.3 is 0 Å². The van der Waals surface area contributed by atoms with Crippen molar-refractivity contribution in [2.24, 2.45) is 5.73 Å². The van der Waals surface area contributed by atoms with E-state index in [4.69, 9.17) is 5.73 Å². The van der Waals surface area contributed by atoms with Crippen molar-refractivity contribution in [2.45, 2.75) is 57.4 Å².